The number of rotatable bonds is 10. The average Bonchev–Trinajstić information content (AvgIpc) is 2.64. The predicted molar refractivity (Wildman–Crippen MR) is 113 cm³/mol. The summed E-state index contributed by atoms with van der Waals surface area (Å²) in [5.41, 5.74) is 3.73. The molecule has 0 fully saturated rings. The molecule has 24 heavy (non-hydrogen) atoms. The predicted octanol–water partition coefficient (Wildman–Crippen LogP) is 6.98. The number of hydrogen-bond donors (Lipinski definition) is 1. The third-order valence-corrected chi connectivity index (χ3v) is 5.63. The van der Waals surface area contributed by atoms with Crippen LogP contribution in [0.1, 0.15) is 67.4 Å². The van der Waals surface area contributed by atoms with Gasteiger partial charge in [0, 0.05) is 4.86 Å². The van der Waals surface area contributed by atoms with E-state index in [4.69, 9.17) is 24.8 Å². The quantitative estimate of drug-likeness (QED) is 0.207. The van der Waals surface area contributed by atoms with E-state index in [1.165, 1.54) is 55.2 Å². The summed E-state index contributed by atoms with van der Waals surface area (Å²) in [7, 11) is 0. The lowest BCUT2D eigenvalue weighted by Crippen LogP contribution is -2.09. The van der Waals surface area contributed by atoms with E-state index in [0.717, 1.165) is 11.3 Å². The summed E-state index contributed by atoms with van der Waals surface area (Å²) >= 11 is 10.6. The molecule has 0 aromatic heterocycles. The molecule has 0 saturated carbocycles. The van der Waals surface area contributed by atoms with Crippen LogP contribution < -0.4 is 0 Å². The molecule has 0 spiro atoms. The van der Waals surface area contributed by atoms with Crippen LogP contribution in [0.4, 0.5) is 0 Å². The van der Waals surface area contributed by atoms with Crippen LogP contribution >= 0.6 is 24.8 Å². The topological polar surface area (TPSA) is 0 Å². The molecule has 2 aromatic rings. The molecule has 2 aromatic carbocycles. The Balaban J connectivity index is 1.98. The second-order valence-electron chi connectivity index (χ2n) is 6.35. The molecule has 0 aliphatic rings. The first-order valence-electron chi connectivity index (χ1n) is 9.09. The van der Waals surface area contributed by atoms with Crippen molar-refractivity contribution in [2.75, 3.05) is 0 Å². The van der Waals surface area contributed by atoms with Crippen molar-refractivity contribution in [3.63, 3.8) is 0 Å². The average molecular weight is 357 g/mol. The van der Waals surface area contributed by atoms with Gasteiger partial charge in [0.2, 0.25) is 0 Å². The first kappa shape index (κ1) is 19.2. The van der Waals surface area contributed by atoms with Gasteiger partial charge < -0.3 is 0 Å². The molecule has 0 amide bonds. The third-order valence-electron chi connectivity index (χ3n) is 4.45. The van der Waals surface area contributed by atoms with E-state index in [0.29, 0.717) is 0 Å². The summed E-state index contributed by atoms with van der Waals surface area (Å²) < 4.78 is 0. The monoisotopic (exact) mass is 356 g/mol. The zero-order chi connectivity index (χ0) is 17.2. The van der Waals surface area contributed by atoms with Gasteiger partial charge in [-0.25, -0.2) is 0 Å². The minimum atomic E-state index is -0.0214. The number of unbranched alkanes of at least 4 members (excludes halogenated alkanes) is 5. The molecule has 0 saturated heterocycles. The summed E-state index contributed by atoms with van der Waals surface area (Å²) in [6.07, 6.45) is 9.04. The zero-order valence-electron chi connectivity index (χ0n) is 14.6. The second-order valence-corrected chi connectivity index (χ2v) is 7.31. The van der Waals surface area contributed by atoms with E-state index >= 15 is 0 Å². The van der Waals surface area contributed by atoms with Gasteiger partial charge in [-0.1, -0.05) is 106 Å². The molecule has 0 radical (unpaired) electrons. The molecule has 0 nitrogen and oxygen atoms in total. The maximum absolute atomic E-state index is 5.77. The van der Waals surface area contributed by atoms with Crippen molar-refractivity contribution in [1.82, 2.24) is 0 Å². The van der Waals surface area contributed by atoms with Crippen LogP contribution in [0.3, 0.4) is 0 Å². The summed E-state index contributed by atoms with van der Waals surface area (Å²) in [4.78, 5) is 0.936. The van der Waals surface area contributed by atoms with Crippen molar-refractivity contribution in [3.8, 4) is 0 Å². The van der Waals surface area contributed by atoms with Crippen LogP contribution in [0.5, 0.6) is 0 Å². The van der Waals surface area contributed by atoms with Crippen molar-refractivity contribution >= 4 is 29.7 Å². The van der Waals surface area contributed by atoms with Crippen LogP contribution in [-0.2, 0) is 6.42 Å². The van der Waals surface area contributed by atoms with Gasteiger partial charge in [0.15, 0.2) is 0 Å². The van der Waals surface area contributed by atoms with Crippen LogP contribution in [0.2, 0.25) is 0 Å². The molecular weight excluding hydrogens is 328 g/mol. The fraction of sp³-hybridized carbons (Fsp3) is 0.409. The second kappa shape index (κ2) is 10.7. The Morgan fingerprint density at radius 3 is 2.25 bits per heavy atom. The summed E-state index contributed by atoms with van der Waals surface area (Å²) in [6.45, 7) is 2.26. The Bertz CT molecular complexity index is 619. The van der Waals surface area contributed by atoms with Gasteiger partial charge in [0.1, 0.15) is 0 Å². The highest BCUT2D eigenvalue weighted by Crippen LogP contribution is 2.27. The summed E-state index contributed by atoms with van der Waals surface area (Å²) in [5, 5.41) is -0.0214. The van der Waals surface area contributed by atoms with Crippen molar-refractivity contribution < 1.29 is 0 Å². The smallest absolute Gasteiger partial charge is 0.0624 e. The van der Waals surface area contributed by atoms with Crippen LogP contribution in [-0.4, -0.2) is 4.86 Å². The van der Waals surface area contributed by atoms with Gasteiger partial charge in [-0.15, -0.1) is 0 Å². The molecule has 0 aliphatic heterocycles. The minimum absolute atomic E-state index is 0.0214. The van der Waals surface area contributed by atoms with Crippen molar-refractivity contribution in [2.45, 2.75) is 57.1 Å². The van der Waals surface area contributed by atoms with E-state index < -0.39 is 0 Å². The number of hydrogen-bond acceptors (Lipinski definition) is 2. The molecular formula is C22H28S2. The molecule has 128 valence electrons. The van der Waals surface area contributed by atoms with Crippen LogP contribution in [0.15, 0.2) is 54.6 Å². The molecule has 0 N–H and O–H groups in total. The number of aryl methyl sites for hydroxylation is 1. The maximum atomic E-state index is 5.77. The highest BCUT2D eigenvalue weighted by atomic mass is 32.1. The van der Waals surface area contributed by atoms with E-state index in [9.17, 15) is 0 Å². The fourth-order valence-electron chi connectivity index (χ4n) is 3.01. The minimum Gasteiger partial charge on any atom is -0.165 e. The Morgan fingerprint density at radius 1 is 0.875 bits per heavy atom. The van der Waals surface area contributed by atoms with E-state index in [1.807, 2.05) is 18.2 Å². The van der Waals surface area contributed by atoms with Crippen LogP contribution in [0, 0.1) is 0 Å². The van der Waals surface area contributed by atoms with Crippen molar-refractivity contribution in [2.24, 2.45) is 0 Å². The first-order chi connectivity index (χ1) is 11.7. The third kappa shape index (κ3) is 5.75. The fourth-order valence-corrected chi connectivity index (χ4v) is 3.65. The zero-order valence-corrected chi connectivity index (χ0v) is 16.3. The van der Waals surface area contributed by atoms with Gasteiger partial charge in [0.05, 0.1) is 5.25 Å². The highest BCUT2D eigenvalue weighted by molar-refractivity contribution is 7.86. The van der Waals surface area contributed by atoms with Crippen molar-refractivity contribution in [3.05, 3.63) is 71.3 Å². The lowest BCUT2D eigenvalue weighted by molar-refractivity contribution is 0.607. The van der Waals surface area contributed by atoms with Gasteiger partial charge in [0.25, 0.3) is 0 Å². The number of benzene rings is 2. The molecule has 1 atom stereocenters. The van der Waals surface area contributed by atoms with E-state index in [1.54, 1.807) is 0 Å². The van der Waals surface area contributed by atoms with Crippen molar-refractivity contribution in [1.29, 1.82) is 0 Å². The van der Waals surface area contributed by atoms with Gasteiger partial charge >= 0.3 is 0 Å². The van der Waals surface area contributed by atoms with Crippen LogP contribution in [0.25, 0.3) is 0 Å². The molecule has 2 heteroatoms. The highest BCUT2D eigenvalue weighted by Gasteiger charge is 2.16. The van der Waals surface area contributed by atoms with Gasteiger partial charge in [-0.2, -0.15) is 12.6 Å². The largest absolute Gasteiger partial charge is 0.165 e. The summed E-state index contributed by atoms with van der Waals surface area (Å²) in [6, 6.07) is 18.9. The lowest BCUT2D eigenvalue weighted by atomic mass is 9.95. The van der Waals surface area contributed by atoms with Gasteiger partial charge in [-0.05, 0) is 29.5 Å². The Labute approximate surface area is 158 Å². The first-order valence-corrected chi connectivity index (χ1v) is 10.0. The molecule has 0 heterocycles. The number of thiocarbonyl (C=S) groups is 1. The lowest BCUT2D eigenvalue weighted by Gasteiger charge is -2.16. The van der Waals surface area contributed by atoms with E-state index in [2.05, 4.69) is 43.3 Å². The summed E-state index contributed by atoms with van der Waals surface area (Å²) in [5.74, 6) is 0. The molecule has 0 bridgehead atoms. The standard InChI is InChI=1S/C22H28S2/c1-2-3-4-5-6-8-13-18-14-11-12-17-20(18)22(24)21(23)19-15-9-7-10-16-19/h7,9-12,14-17,21,23H,2-6,8,13H2,1H3. The molecule has 1 unspecified atom stereocenters. The SMILES string of the molecule is CCCCCCCCc1ccccc1C(=S)C(S)c1ccccc1. The van der Waals surface area contributed by atoms with E-state index in [-0.39, 0.29) is 5.25 Å². The number of thiol groups is 1. The Kier molecular flexibility index (Phi) is 8.55. The molecule has 2 rings (SSSR count). The maximum Gasteiger partial charge on any atom is 0.0624 e. The van der Waals surface area contributed by atoms with Gasteiger partial charge in [-0.3, -0.25) is 0 Å². The Morgan fingerprint density at radius 2 is 1.50 bits per heavy atom. The normalized spacial score (nSPS) is 12.1. The molecule has 0 aliphatic carbocycles. The Hall–Kier alpha value is -1.12.